The standard InChI is InChI=1S/C25H27N8O8PS/c1-31-11-8-21(30-31)43(37,38)32-10-3-5-18(15-32)27-24-26-9-7-20(28-24)23-22(29-25-33(23)12-13-39-25)17-4-2-6-19(14-17)40-16-41-42(34,35)36/h2,4,6-9,11-14,18H,3,5,10,15-16H2,1H3,(H,26,27,28)(H2,34,35,36)/t18-/m0/s1. The van der Waals surface area contributed by atoms with Crippen molar-refractivity contribution in [2.24, 2.45) is 7.05 Å². The van der Waals surface area contributed by atoms with E-state index in [0.717, 1.165) is 6.42 Å². The van der Waals surface area contributed by atoms with Gasteiger partial charge in [0.05, 0.1) is 5.69 Å². The first-order valence-corrected chi connectivity index (χ1v) is 16.0. The molecule has 0 saturated carbocycles. The number of phosphoric acid groups is 1. The normalized spacial score (nSPS) is 16.5. The number of ether oxygens (including phenoxy) is 1. The number of sulfonamides is 1. The van der Waals surface area contributed by atoms with E-state index in [2.05, 4.69) is 24.9 Å². The first-order valence-electron chi connectivity index (χ1n) is 13.1. The number of nitrogens with zero attached hydrogens (tertiary/aromatic N) is 7. The van der Waals surface area contributed by atoms with Gasteiger partial charge < -0.3 is 24.3 Å². The smallest absolute Gasteiger partial charge is 0.467 e. The molecular weight excluding hydrogens is 603 g/mol. The summed E-state index contributed by atoms with van der Waals surface area (Å²) in [4.78, 5) is 31.5. The van der Waals surface area contributed by atoms with Gasteiger partial charge >= 0.3 is 13.7 Å². The second-order valence-electron chi connectivity index (χ2n) is 9.71. The summed E-state index contributed by atoms with van der Waals surface area (Å²) in [6, 6.07) is 9.72. The Morgan fingerprint density at radius 2 is 2.05 bits per heavy atom. The topological polar surface area (TPSA) is 199 Å². The lowest BCUT2D eigenvalue weighted by Gasteiger charge is -2.31. The van der Waals surface area contributed by atoms with Crippen LogP contribution in [0, 0.1) is 0 Å². The molecule has 0 spiro atoms. The molecule has 0 aliphatic carbocycles. The Morgan fingerprint density at radius 1 is 1.19 bits per heavy atom. The molecule has 18 heteroatoms. The molecule has 0 amide bonds. The average Bonchev–Trinajstić information content (AvgIpc) is 3.69. The van der Waals surface area contributed by atoms with Gasteiger partial charge in [-0.25, -0.2) is 27.5 Å². The van der Waals surface area contributed by atoms with Crippen molar-refractivity contribution in [3.8, 4) is 28.4 Å². The molecule has 4 aromatic heterocycles. The van der Waals surface area contributed by atoms with Gasteiger partial charge in [-0.15, -0.1) is 0 Å². The molecule has 1 fully saturated rings. The van der Waals surface area contributed by atoms with Crippen molar-refractivity contribution in [2.45, 2.75) is 23.9 Å². The highest BCUT2D eigenvalue weighted by Crippen LogP contribution is 2.37. The van der Waals surface area contributed by atoms with Crippen LogP contribution in [0.4, 0.5) is 5.95 Å². The fourth-order valence-corrected chi connectivity index (χ4v) is 6.48. The molecule has 16 nitrogen and oxygen atoms in total. The minimum absolute atomic E-state index is 0.00933. The number of benzene rings is 1. The lowest BCUT2D eigenvalue weighted by Crippen LogP contribution is -2.45. The number of nitrogens with one attached hydrogen (secondary N) is 1. The lowest BCUT2D eigenvalue weighted by molar-refractivity contribution is 0.0829. The van der Waals surface area contributed by atoms with E-state index >= 15 is 0 Å². The number of piperidine rings is 1. The summed E-state index contributed by atoms with van der Waals surface area (Å²) >= 11 is 0. The van der Waals surface area contributed by atoms with Crippen LogP contribution in [0.2, 0.25) is 0 Å². The van der Waals surface area contributed by atoms with Gasteiger partial charge in [-0.2, -0.15) is 14.4 Å². The zero-order valence-corrected chi connectivity index (χ0v) is 24.4. The SMILES string of the molecule is Cn1ccc(S(=O)(=O)N2CCC[C@H](Nc3nccc(-c4c(-c5cccc(OCOP(=O)(O)O)c5)nc5occn45)n3)C2)n1. The minimum atomic E-state index is -4.68. The summed E-state index contributed by atoms with van der Waals surface area (Å²) < 4.78 is 57.1. The highest BCUT2D eigenvalue weighted by Gasteiger charge is 2.32. The Bertz CT molecular complexity index is 1920. The Hall–Kier alpha value is -4.12. The molecule has 43 heavy (non-hydrogen) atoms. The van der Waals surface area contributed by atoms with Gasteiger partial charge in [0.1, 0.15) is 23.4 Å². The van der Waals surface area contributed by atoms with E-state index in [9.17, 15) is 13.0 Å². The van der Waals surface area contributed by atoms with Crippen molar-refractivity contribution in [3.63, 3.8) is 0 Å². The molecule has 226 valence electrons. The number of fused-ring (bicyclic) bond motifs is 1. The Kier molecular flexibility index (Phi) is 7.76. The largest absolute Gasteiger partial charge is 0.472 e. The molecule has 1 aliphatic heterocycles. The minimum Gasteiger partial charge on any atom is -0.467 e. The maximum absolute atomic E-state index is 13.1. The molecule has 1 aliphatic rings. The van der Waals surface area contributed by atoms with Gasteiger partial charge in [0.15, 0.2) is 11.8 Å². The third-order valence-corrected chi connectivity index (χ3v) is 8.92. The van der Waals surface area contributed by atoms with Crippen LogP contribution in [0.1, 0.15) is 12.8 Å². The van der Waals surface area contributed by atoms with E-state index in [4.69, 9.17) is 23.9 Å². The Morgan fingerprint density at radius 3 is 2.84 bits per heavy atom. The number of aryl methyl sites for hydroxylation is 1. The van der Waals surface area contributed by atoms with E-state index in [1.807, 2.05) is 0 Å². The zero-order chi connectivity index (χ0) is 30.2. The van der Waals surface area contributed by atoms with Crippen LogP contribution in [0.3, 0.4) is 0 Å². The van der Waals surface area contributed by atoms with Crippen LogP contribution >= 0.6 is 7.82 Å². The van der Waals surface area contributed by atoms with Crippen LogP contribution in [-0.4, -0.2) is 77.6 Å². The maximum Gasteiger partial charge on any atom is 0.472 e. The van der Waals surface area contributed by atoms with Gasteiger partial charge in [0, 0.05) is 50.3 Å². The average molecular weight is 631 g/mol. The van der Waals surface area contributed by atoms with Crippen LogP contribution in [0.25, 0.3) is 28.5 Å². The molecule has 1 saturated heterocycles. The first-order chi connectivity index (χ1) is 20.6. The highest BCUT2D eigenvalue weighted by molar-refractivity contribution is 7.89. The molecule has 6 rings (SSSR count). The summed E-state index contributed by atoms with van der Waals surface area (Å²) in [5.74, 6) is 0.932. The third kappa shape index (κ3) is 6.31. The quantitative estimate of drug-likeness (QED) is 0.150. The monoisotopic (exact) mass is 630 g/mol. The van der Waals surface area contributed by atoms with E-state index in [1.54, 1.807) is 60.4 Å². The molecule has 5 aromatic rings. The van der Waals surface area contributed by atoms with E-state index in [0.29, 0.717) is 53.2 Å². The van der Waals surface area contributed by atoms with Gasteiger partial charge in [0.2, 0.25) is 5.95 Å². The van der Waals surface area contributed by atoms with Crippen molar-refractivity contribution in [1.82, 2.24) is 33.4 Å². The first kappa shape index (κ1) is 29.0. The summed E-state index contributed by atoms with van der Waals surface area (Å²) in [5, 5.41) is 7.36. The highest BCUT2D eigenvalue weighted by atomic mass is 32.2. The van der Waals surface area contributed by atoms with Crippen molar-refractivity contribution in [1.29, 1.82) is 0 Å². The number of hydrogen-bond acceptors (Lipinski definition) is 11. The zero-order valence-electron chi connectivity index (χ0n) is 22.7. The van der Waals surface area contributed by atoms with Gasteiger partial charge in [-0.3, -0.25) is 9.08 Å². The predicted octanol–water partition coefficient (Wildman–Crippen LogP) is 2.50. The van der Waals surface area contributed by atoms with Gasteiger partial charge in [-0.05, 0) is 37.1 Å². The second-order valence-corrected chi connectivity index (χ2v) is 12.8. The van der Waals surface area contributed by atoms with E-state index in [1.165, 1.54) is 21.3 Å². The number of phosphoric ester groups is 1. The van der Waals surface area contributed by atoms with Crippen molar-refractivity contribution >= 4 is 29.6 Å². The van der Waals surface area contributed by atoms with Crippen molar-refractivity contribution < 1.29 is 36.4 Å². The molecule has 0 unspecified atom stereocenters. The molecule has 0 radical (unpaired) electrons. The van der Waals surface area contributed by atoms with Gasteiger partial charge in [-0.1, -0.05) is 12.1 Å². The van der Waals surface area contributed by atoms with Crippen LogP contribution in [-0.2, 0) is 26.2 Å². The summed E-state index contributed by atoms with van der Waals surface area (Å²) in [5.41, 5.74) is 2.25. The van der Waals surface area contributed by atoms with Crippen LogP contribution in [0.5, 0.6) is 5.75 Å². The molecule has 5 heterocycles. The lowest BCUT2D eigenvalue weighted by atomic mass is 10.1. The van der Waals surface area contributed by atoms with Crippen molar-refractivity contribution in [2.75, 3.05) is 25.2 Å². The maximum atomic E-state index is 13.1. The predicted molar refractivity (Wildman–Crippen MR) is 151 cm³/mol. The molecular formula is C25H27N8O8PS. The van der Waals surface area contributed by atoms with Crippen LogP contribution in [0.15, 0.2) is 70.7 Å². The number of imidazole rings is 1. The van der Waals surface area contributed by atoms with Crippen LogP contribution < -0.4 is 10.1 Å². The molecule has 1 atom stereocenters. The van der Waals surface area contributed by atoms with Crippen molar-refractivity contribution in [3.05, 3.63) is 61.3 Å². The molecule has 3 N–H and O–H groups in total. The number of anilines is 1. The summed E-state index contributed by atoms with van der Waals surface area (Å²) in [6.07, 6.45) is 7.77. The number of hydrogen-bond donors (Lipinski definition) is 3. The molecule has 0 bridgehead atoms. The van der Waals surface area contributed by atoms with Gasteiger partial charge in [0.25, 0.3) is 10.0 Å². The fourth-order valence-electron chi connectivity index (χ4n) is 4.81. The van der Waals surface area contributed by atoms with E-state index in [-0.39, 0.29) is 17.6 Å². The third-order valence-electron chi connectivity index (χ3n) is 6.72. The van der Waals surface area contributed by atoms with E-state index < -0.39 is 24.6 Å². The second kappa shape index (κ2) is 11.5. The Labute approximate surface area is 245 Å². The number of aromatic nitrogens is 6. The molecule has 1 aromatic carbocycles. The Balaban J connectivity index is 1.25. The fraction of sp³-hybridized carbons (Fsp3) is 0.280. The number of rotatable bonds is 10. The summed E-state index contributed by atoms with van der Waals surface area (Å²) in [7, 11) is -6.75. The summed E-state index contributed by atoms with van der Waals surface area (Å²) in [6.45, 7) is -0.0202. The number of oxazole rings is 1.